The van der Waals surface area contributed by atoms with Crippen LogP contribution in [0.5, 0.6) is 0 Å². The van der Waals surface area contributed by atoms with Crippen LogP contribution in [0.2, 0.25) is 0 Å². The van der Waals surface area contributed by atoms with Crippen molar-refractivity contribution >= 4 is 6.29 Å². The second-order valence-electron chi connectivity index (χ2n) is 4.62. The molecule has 0 saturated heterocycles. The van der Waals surface area contributed by atoms with Crippen molar-refractivity contribution in [2.75, 3.05) is 0 Å². The first-order chi connectivity index (χ1) is 6.13. The van der Waals surface area contributed by atoms with Gasteiger partial charge >= 0.3 is 0 Å². The Morgan fingerprint density at radius 3 is 2.69 bits per heavy atom. The number of carbonyl (C=O) groups excluding carboxylic acids is 1. The van der Waals surface area contributed by atoms with Crippen LogP contribution in [0.1, 0.15) is 40.0 Å². The Kier molecular flexibility index (Phi) is 3.71. The fraction of sp³-hybridized carbons (Fsp3) is 0.750. The minimum absolute atomic E-state index is 0.206. The Bertz CT molecular complexity index is 203. The quantitative estimate of drug-likeness (QED) is 0.479. The van der Waals surface area contributed by atoms with Crippen molar-refractivity contribution in [3.8, 4) is 0 Å². The highest BCUT2D eigenvalue weighted by molar-refractivity contribution is 5.53. The Hall–Kier alpha value is -0.590. The van der Waals surface area contributed by atoms with E-state index in [4.69, 9.17) is 0 Å². The monoisotopic (exact) mass is 180 g/mol. The number of carbonyl (C=O) groups is 1. The van der Waals surface area contributed by atoms with E-state index in [0.29, 0.717) is 0 Å². The molecule has 13 heavy (non-hydrogen) atoms. The molecule has 0 heterocycles. The summed E-state index contributed by atoms with van der Waals surface area (Å²) < 4.78 is 0. The van der Waals surface area contributed by atoms with Crippen LogP contribution in [0.4, 0.5) is 0 Å². The molecular formula is C12H20O. The highest BCUT2D eigenvalue weighted by Crippen LogP contribution is 2.33. The lowest BCUT2D eigenvalue weighted by Crippen LogP contribution is -2.05. The molecule has 1 aliphatic carbocycles. The van der Waals surface area contributed by atoms with Crippen LogP contribution in [-0.4, -0.2) is 6.29 Å². The molecule has 0 bridgehead atoms. The number of hydrogen-bond donors (Lipinski definition) is 0. The fourth-order valence-electron chi connectivity index (χ4n) is 1.96. The topological polar surface area (TPSA) is 17.1 Å². The maximum absolute atomic E-state index is 10.5. The molecule has 1 nitrogen and oxygen atoms in total. The minimum Gasteiger partial charge on any atom is -0.303 e. The molecule has 0 aromatic heterocycles. The summed E-state index contributed by atoms with van der Waals surface area (Å²) in [5.74, 6) is 1.81. The molecule has 0 aliphatic heterocycles. The zero-order chi connectivity index (χ0) is 9.84. The zero-order valence-electron chi connectivity index (χ0n) is 8.92. The van der Waals surface area contributed by atoms with Crippen LogP contribution in [-0.2, 0) is 4.79 Å². The van der Waals surface area contributed by atoms with Crippen molar-refractivity contribution < 1.29 is 4.79 Å². The van der Waals surface area contributed by atoms with Crippen molar-refractivity contribution in [1.29, 1.82) is 0 Å². The Balaban J connectivity index is 2.36. The normalized spacial score (nSPS) is 24.6. The largest absolute Gasteiger partial charge is 0.303 e. The Labute approximate surface area is 81.2 Å². The minimum atomic E-state index is 0.206. The van der Waals surface area contributed by atoms with Gasteiger partial charge < -0.3 is 4.79 Å². The SMILES string of the molecule is CC(C=O)CC1=CCC(C(C)C)C1. The summed E-state index contributed by atoms with van der Waals surface area (Å²) in [4.78, 5) is 10.5. The summed E-state index contributed by atoms with van der Waals surface area (Å²) in [7, 11) is 0. The maximum atomic E-state index is 10.5. The van der Waals surface area contributed by atoms with Crippen LogP contribution in [0.3, 0.4) is 0 Å². The molecule has 1 heteroatoms. The first kappa shape index (κ1) is 10.5. The standard InChI is InChI=1S/C12H20O/c1-9(2)12-5-4-11(7-12)6-10(3)8-13/h4,8-10,12H,5-7H2,1-3H3. The predicted molar refractivity (Wildman–Crippen MR) is 55.5 cm³/mol. The molecule has 2 atom stereocenters. The van der Waals surface area contributed by atoms with Gasteiger partial charge in [0.05, 0.1) is 0 Å². The molecule has 0 fully saturated rings. The van der Waals surface area contributed by atoms with Crippen molar-refractivity contribution in [3.05, 3.63) is 11.6 Å². The van der Waals surface area contributed by atoms with Crippen molar-refractivity contribution in [1.82, 2.24) is 0 Å². The van der Waals surface area contributed by atoms with Crippen molar-refractivity contribution in [2.45, 2.75) is 40.0 Å². The van der Waals surface area contributed by atoms with E-state index >= 15 is 0 Å². The smallest absolute Gasteiger partial charge is 0.123 e. The molecule has 0 aromatic rings. The van der Waals surface area contributed by atoms with E-state index in [1.165, 1.54) is 18.4 Å². The van der Waals surface area contributed by atoms with Gasteiger partial charge in [-0.3, -0.25) is 0 Å². The molecule has 0 saturated carbocycles. The van der Waals surface area contributed by atoms with Gasteiger partial charge in [-0.05, 0) is 31.1 Å². The van der Waals surface area contributed by atoms with Gasteiger partial charge in [0.1, 0.15) is 6.29 Å². The van der Waals surface area contributed by atoms with Crippen molar-refractivity contribution in [2.24, 2.45) is 17.8 Å². The Morgan fingerprint density at radius 2 is 2.23 bits per heavy atom. The average molecular weight is 180 g/mol. The first-order valence-electron chi connectivity index (χ1n) is 5.26. The fourth-order valence-corrected chi connectivity index (χ4v) is 1.96. The molecule has 0 radical (unpaired) electrons. The van der Waals surface area contributed by atoms with Gasteiger partial charge in [-0.25, -0.2) is 0 Å². The predicted octanol–water partition coefficient (Wildman–Crippen LogP) is 3.20. The molecule has 74 valence electrons. The number of aldehydes is 1. The summed E-state index contributed by atoms with van der Waals surface area (Å²) in [5, 5.41) is 0. The number of hydrogen-bond acceptors (Lipinski definition) is 1. The second kappa shape index (κ2) is 4.59. The highest BCUT2D eigenvalue weighted by Gasteiger charge is 2.20. The van der Waals surface area contributed by atoms with Gasteiger partial charge in [0.2, 0.25) is 0 Å². The molecule has 0 amide bonds. The number of allylic oxidation sites excluding steroid dienone is 2. The molecule has 0 spiro atoms. The van der Waals surface area contributed by atoms with Gasteiger partial charge in [-0.2, -0.15) is 0 Å². The zero-order valence-corrected chi connectivity index (χ0v) is 8.92. The third kappa shape index (κ3) is 2.98. The van der Waals surface area contributed by atoms with Crippen molar-refractivity contribution in [3.63, 3.8) is 0 Å². The summed E-state index contributed by atoms with van der Waals surface area (Å²) in [6.45, 7) is 6.56. The van der Waals surface area contributed by atoms with E-state index in [-0.39, 0.29) is 5.92 Å². The maximum Gasteiger partial charge on any atom is 0.123 e. The van der Waals surface area contributed by atoms with Gasteiger partial charge in [0.15, 0.2) is 0 Å². The van der Waals surface area contributed by atoms with Gasteiger partial charge in [0.25, 0.3) is 0 Å². The van der Waals surface area contributed by atoms with E-state index in [2.05, 4.69) is 19.9 Å². The molecule has 1 rings (SSSR count). The van der Waals surface area contributed by atoms with Crippen LogP contribution in [0, 0.1) is 17.8 Å². The lowest BCUT2D eigenvalue weighted by atomic mass is 9.91. The molecule has 0 aromatic carbocycles. The molecular weight excluding hydrogens is 160 g/mol. The highest BCUT2D eigenvalue weighted by atomic mass is 16.1. The molecule has 0 N–H and O–H groups in total. The van der Waals surface area contributed by atoms with Crippen LogP contribution in [0.25, 0.3) is 0 Å². The van der Waals surface area contributed by atoms with E-state index in [1.807, 2.05) is 6.92 Å². The second-order valence-corrected chi connectivity index (χ2v) is 4.62. The van der Waals surface area contributed by atoms with Crippen LogP contribution in [0.15, 0.2) is 11.6 Å². The number of rotatable bonds is 4. The summed E-state index contributed by atoms with van der Waals surface area (Å²) in [6.07, 6.45) is 6.81. The molecule has 2 unspecified atom stereocenters. The Morgan fingerprint density at radius 1 is 1.54 bits per heavy atom. The molecule has 1 aliphatic rings. The van der Waals surface area contributed by atoms with Crippen LogP contribution < -0.4 is 0 Å². The summed E-state index contributed by atoms with van der Waals surface area (Å²) >= 11 is 0. The van der Waals surface area contributed by atoms with E-state index in [9.17, 15) is 4.79 Å². The van der Waals surface area contributed by atoms with E-state index in [0.717, 1.165) is 24.5 Å². The van der Waals surface area contributed by atoms with Gasteiger partial charge in [-0.15, -0.1) is 0 Å². The van der Waals surface area contributed by atoms with Crippen LogP contribution >= 0.6 is 0 Å². The third-order valence-electron chi connectivity index (χ3n) is 2.99. The lowest BCUT2D eigenvalue weighted by molar-refractivity contribution is -0.110. The first-order valence-corrected chi connectivity index (χ1v) is 5.26. The summed E-state index contributed by atoms with van der Waals surface area (Å²) in [5.41, 5.74) is 1.50. The lowest BCUT2D eigenvalue weighted by Gasteiger charge is -2.14. The summed E-state index contributed by atoms with van der Waals surface area (Å²) in [6, 6.07) is 0. The van der Waals surface area contributed by atoms with E-state index < -0.39 is 0 Å². The van der Waals surface area contributed by atoms with E-state index in [1.54, 1.807) is 0 Å². The van der Waals surface area contributed by atoms with Gasteiger partial charge in [-0.1, -0.05) is 32.4 Å². The average Bonchev–Trinajstić information content (AvgIpc) is 2.52. The van der Waals surface area contributed by atoms with Gasteiger partial charge in [0, 0.05) is 5.92 Å². The third-order valence-corrected chi connectivity index (χ3v) is 2.99.